The Labute approximate surface area is 202 Å². The molecule has 34 heavy (non-hydrogen) atoms. The van der Waals surface area contributed by atoms with E-state index in [1.807, 2.05) is 18.7 Å². The van der Waals surface area contributed by atoms with Crippen molar-refractivity contribution in [3.05, 3.63) is 23.0 Å². The number of fused-ring (bicyclic) bond motifs is 1. The molecule has 2 unspecified atom stereocenters. The Kier molecular flexibility index (Phi) is 6.25. The van der Waals surface area contributed by atoms with E-state index in [-0.39, 0.29) is 11.9 Å². The van der Waals surface area contributed by atoms with E-state index in [0.29, 0.717) is 17.3 Å². The van der Waals surface area contributed by atoms with Gasteiger partial charge >= 0.3 is 0 Å². The average Bonchev–Trinajstić information content (AvgIpc) is 3.60. The van der Waals surface area contributed by atoms with Gasteiger partial charge in [-0.25, -0.2) is 4.98 Å². The van der Waals surface area contributed by atoms with Gasteiger partial charge in [0.25, 0.3) is 0 Å². The zero-order chi connectivity index (χ0) is 23.9. The quantitative estimate of drug-likeness (QED) is 0.623. The number of anilines is 3. The highest BCUT2D eigenvalue weighted by molar-refractivity contribution is 5.85. The summed E-state index contributed by atoms with van der Waals surface area (Å²) in [4.78, 5) is 27.1. The van der Waals surface area contributed by atoms with Crippen LogP contribution in [-0.2, 0) is 17.6 Å². The van der Waals surface area contributed by atoms with Gasteiger partial charge in [-0.05, 0) is 70.6 Å². The molecule has 1 saturated carbocycles. The highest BCUT2D eigenvalue weighted by Gasteiger charge is 2.36. The number of aromatic amines is 1. The minimum atomic E-state index is -0.171. The molecular weight excluding hydrogens is 426 g/mol. The number of nitrogens with zero attached hydrogens (tertiary/aromatic N) is 5. The van der Waals surface area contributed by atoms with Crippen LogP contribution in [0.5, 0.6) is 0 Å². The first-order valence-electron chi connectivity index (χ1n) is 13.2. The highest BCUT2D eigenvalue weighted by atomic mass is 16.2. The fourth-order valence-electron chi connectivity index (χ4n) is 6.09. The molecule has 0 aromatic carbocycles. The number of aromatic nitrogens is 4. The van der Waals surface area contributed by atoms with Crippen molar-refractivity contribution >= 4 is 23.5 Å². The van der Waals surface area contributed by atoms with Gasteiger partial charge in [0.15, 0.2) is 5.82 Å². The van der Waals surface area contributed by atoms with Gasteiger partial charge in [0, 0.05) is 42.9 Å². The molecule has 2 fully saturated rings. The number of rotatable bonds is 7. The van der Waals surface area contributed by atoms with Gasteiger partial charge < -0.3 is 15.1 Å². The largest absolute Gasteiger partial charge is 0.341 e. The Morgan fingerprint density at radius 3 is 2.76 bits per heavy atom. The first-order chi connectivity index (χ1) is 16.4. The van der Waals surface area contributed by atoms with Crippen LogP contribution in [0.25, 0.3) is 0 Å². The van der Waals surface area contributed by atoms with Crippen molar-refractivity contribution in [2.45, 2.75) is 91.0 Å². The molecule has 2 N–H and O–H groups in total. The fraction of sp³-hybridized carbons (Fsp3) is 0.692. The van der Waals surface area contributed by atoms with Crippen molar-refractivity contribution in [2.24, 2.45) is 5.41 Å². The summed E-state index contributed by atoms with van der Waals surface area (Å²) in [5.74, 6) is 3.08. The molecule has 2 atom stereocenters. The van der Waals surface area contributed by atoms with E-state index in [9.17, 15) is 4.79 Å². The molecule has 8 nitrogen and oxygen atoms in total. The second-order valence-electron chi connectivity index (χ2n) is 11.0. The molecule has 8 heteroatoms. The summed E-state index contributed by atoms with van der Waals surface area (Å²) in [6, 6.07) is 1.98. The first kappa shape index (κ1) is 23.1. The number of H-pyrrole nitrogens is 1. The van der Waals surface area contributed by atoms with Gasteiger partial charge in [-0.15, -0.1) is 0 Å². The second kappa shape index (κ2) is 9.19. The summed E-state index contributed by atoms with van der Waals surface area (Å²) < 4.78 is 0. The fourth-order valence-corrected chi connectivity index (χ4v) is 6.09. The van der Waals surface area contributed by atoms with Gasteiger partial charge in [-0.2, -0.15) is 10.1 Å². The third kappa shape index (κ3) is 4.39. The number of amides is 1. The molecule has 2 aromatic rings. The standard InChI is InChI=1S/C26H39N7O/c1-5-32(6-2)24(34)21-11-8-14-33(21)25-27-19-10-7-9-18(19)23(29-25)28-22-15-20(30-31-22)17-12-13-26(3,4)16-17/h15,17,21H,5-14,16H2,1-4H3,(H2,27,28,29,30,31). The molecule has 0 spiro atoms. The third-order valence-electron chi connectivity index (χ3n) is 8.04. The molecule has 0 bridgehead atoms. The summed E-state index contributed by atoms with van der Waals surface area (Å²) in [5.41, 5.74) is 3.92. The van der Waals surface area contributed by atoms with Gasteiger partial charge in [-0.3, -0.25) is 9.89 Å². The van der Waals surface area contributed by atoms with Gasteiger partial charge in [-0.1, -0.05) is 13.8 Å². The van der Waals surface area contributed by atoms with Crippen molar-refractivity contribution < 1.29 is 4.79 Å². The monoisotopic (exact) mass is 465 g/mol. The summed E-state index contributed by atoms with van der Waals surface area (Å²) >= 11 is 0. The van der Waals surface area contributed by atoms with Crippen molar-refractivity contribution in [2.75, 3.05) is 29.9 Å². The predicted molar refractivity (Wildman–Crippen MR) is 135 cm³/mol. The maximum atomic E-state index is 13.2. The van der Waals surface area contributed by atoms with E-state index in [0.717, 1.165) is 69.1 Å². The number of aryl methyl sites for hydroxylation is 1. The summed E-state index contributed by atoms with van der Waals surface area (Å²) in [7, 11) is 0. The van der Waals surface area contributed by atoms with E-state index in [2.05, 4.69) is 40.3 Å². The van der Waals surface area contributed by atoms with E-state index in [1.165, 1.54) is 30.5 Å². The van der Waals surface area contributed by atoms with Crippen LogP contribution in [0.15, 0.2) is 6.07 Å². The number of hydrogen-bond acceptors (Lipinski definition) is 6. The van der Waals surface area contributed by atoms with Crippen molar-refractivity contribution in [3.8, 4) is 0 Å². The lowest BCUT2D eigenvalue weighted by Gasteiger charge is -2.29. The summed E-state index contributed by atoms with van der Waals surface area (Å²) in [5, 5.41) is 11.4. The van der Waals surface area contributed by atoms with Crippen molar-refractivity contribution in [1.29, 1.82) is 0 Å². The van der Waals surface area contributed by atoms with Crippen molar-refractivity contribution in [3.63, 3.8) is 0 Å². The summed E-state index contributed by atoms with van der Waals surface area (Å²) in [6.07, 6.45) is 8.54. The topological polar surface area (TPSA) is 90.0 Å². The zero-order valence-electron chi connectivity index (χ0n) is 21.2. The zero-order valence-corrected chi connectivity index (χ0v) is 21.2. The van der Waals surface area contributed by atoms with Gasteiger partial charge in [0.2, 0.25) is 11.9 Å². The van der Waals surface area contributed by atoms with Crippen LogP contribution < -0.4 is 10.2 Å². The maximum Gasteiger partial charge on any atom is 0.245 e. The number of nitrogens with one attached hydrogen (secondary N) is 2. The molecule has 0 radical (unpaired) electrons. The summed E-state index contributed by atoms with van der Waals surface area (Å²) in [6.45, 7) is 11.1. The van der Waals surface area contributed by atoms with Crippen LogP contribution in [0, 0.1) is 5.41 Å². The molecule has 2 aromatic heterocycles. The van der Waals surface area contributed by atoms with Crippen LogP contribution in [0.3, 0.4) is 0 Å². The Morgan fingerprint density at radius 1 is 1.21 bits per heavy atom. The number of hydrogen-bond donors (Lipinski definition) is 2. The Morgan fingerprint density at radius 2 is 2.03 bits per heavy atom. The SMILES string of the molecule is CCN(CC)C(=O)C1CCCN1c1nc2c(c(Nc3cc(C4CCC(C)(C)C4)[nH]n3)n1)CCC2. The van der Waals surface area contributed by atoms with Crippen LogP contribution in [0.2, 0.25) is 0 Å². The van der Waals surface area contributed by atoms with E-state index in [1.54, 1.807) is 0 Å². The smallest absolute Gasteiger partial charge is 0.245 e. The van der Waals surface area contributed by atoms with Crippen LogP contribution in [0.4, 0.5) is 17.6 Å². The molecule has 3 aliphatic rings. The average molecular weight is 466 g/mol. The van der Waals surface area contributed by atoms with E-state index in [4.69, 9.17) is 9.97 Å². The lowest BCUT2D eigenvalue weighted by Crippen LogP contribution is -2.46. The lowest BCUT2D eigenvalue weighted by atomic mass is 9.90. The molecule has 3 heterocycles. The van der Waals surface area contributed by atoms with Gasteiger partial charge in [0.1, 0.15) is 11.9 Å². The second-order valence-corrected chi connectivity index (χ2v) is 11.0. The third-order valence-corrected chi connectivity index (χ3v) is 8.04. The molecule has 184 valence electrons. The Hall–Kier alpha value is -2.64. The molecular formula is C26H39N7O. The van der Waals surface area contributed by atoms with Crippen LogP contribution in [-0.4, -0.2) is 56.6 Å². The Bertz CT molecular complexity index is 1040. The predicted octanol–water partition coefficient (Wildman–Crippen LogP) is 4.56. The number of likely N-dealkylation sites (N-methyl/N-ethyl adjacent to an activating group) is 1. The number of carbonyl (C=O) groups excluding carboxylic acids is 1. The Balaban J connectivity index is 1.39. The normalized spacial score (nSPS) is 23.4. The molecule has 1 saturated heterocycles. The van der Waals surface area contributed by atoms with Crippen molar-refractivity contribution in [1.82, 2.24) is 25.1 Å². The van der Waals surface area contributed by atoms with E-state index >= 15 is 0 Å². The van der Waals surface area contributed by atoms with Gasteiger partial charge in [0.05, 0.1) is 5.69 Å². The molecule has 1 aliphatic heterocycles. The minimum Gasteiger partial charge on any atom is -0.341 e. The number of carbonyl (C=O) groups is 1. The van der Waals surface area contributed by atoms with Crippen LogP contribution >= 0.6 is 0 Å². The van der Waals surface area contributed by atoms with E-state index < -0.39 is 0 Å². The highest BCUT2D eigenvalue weighted by Crippen LogP contribution is 2.45. The van der Waals surface area contributed by atoms with Crippen LogP contribution in [0.1, 0.15) is 89.1 Å². The minimum absolute atomic E-state index is 0.171. The molecule has 2 aliphatic carbocycles. The maximum absolute atomic E-state index is 13.2. The first-order valence-corrected chi connectivity index (χ1v) is 13.2. The molecule has 1 amide bonds. The molecule has 5 rings (SSSR count). The lowest BCUT2D eigenvalue weighted by molar-refractivity contribution is -0.132.